The van der Waals surface area contributed by atoms with Crippen LogP contribution in [0.2, 0.25) is 0 Å². The predicted molar refractivity (Wildman–Crippen MR) is 65.8 cm³/mol. The first-order valence-corrected chi connectivity index (χ1v) is 5.57. The molecule has 0 aromatic heterocycles. The molecule has 0 radical (unpaired) electrons. The molecule has 0 bridgehead atoms. The highest BCUT2D eigenvalue weighted by Crippen LogP contribution is 2.25. The van der Waals surface area contributed by atoms with Gasteiger partial charge in [0, 0.05) is 22.7 Å². The van der Waals surface area contributed by atoms with Crippen LogP contribution >= 0.6 is 15.9 Å². The Morgan fingerprint density at radius 3 is 2.29 bits per heavy atom. The van der Waals surface area contributed by atoms with E-state index in [-0.39, 0.29) is 0 Å². The van der Waals surface area contributed by atoms with Crippen LogP contribution < -0.4 is 11.1 Å². The van der Waals surface area contributed by atoms with Crippen LogP contribution in [0, 0.1) is 13.8 Å². The van der Waals surface area contributed by atoms with Gasteiger partial charge in [0.2, 0.25) is 0 Å². The third-order valence-electron chi connectivity index (χ3n) is 2.24. The zero-order chi connectivity index (χ0) is 10.7. The molecular formula is C11H17BrN2. The van der Waals surface area contributed by atoms with E-state index in [9.17, 15) is 0 Å². The fraction of sp³-hybridized carbons (Fsp3) is 0.455. The second-order valence-corrected chi connectivity index (χ2v) is 4.61. The summed E-state index contributed by atoms with van der Waals surface area (Å²) in [5.74, 6) is 0. The van der Waals surface area contributed by atoms with Gasteiger partial charge < -0.3 is 11.1 Å². The summed E-state index contributed by atoms with van der Waals surface area (Å²) in [5.41, 5.74) is 9.27. The molecule has 3 N–H and O–H groups in total. The van der Waals surface area contributed by atoms with Crippen molar-refractivity contribution in [3.05, 3.63) is 27.7 Å². The predicted octanol–water partition coefficient (Wildman–Crippen LogP) is 2.83. The van der Waals surface area contributed by atoms with Crippen LogP contribution in [0.4, 0.5) is 5.69 Å². The van der Waals surface area contributed by atoms with E-state index in [0.29, 0.717) is 12.6 Å². The van der Waals surface area contributed by atoms with Gasteiger partial charge in [0.1, 0.15) is 0 Å². The summed E-state index contributed by atoms with van der Waals surface area (Å²) < 4.78 is 1.12. The lowest BCUT2D eigenvalue weighted by atomic mass is 10.1. The maximum atomic E-state index is 5.58. The minimum absolute atomic E-state index is 0.313. The van der Waals surface area contributed by atoms with E-state index >= 15 is 0 Å². The summed E-state index contributed by atoms with van der Waals surface area (Å²) in [6.07, 6.45) is 0. The minimum Gasteiger partial charge on any atom is -0.381 e. The van der Waals surface area contributed by atoms with Crippen molar-refractivity contribution in [3.8, 4) is 0 Å². The standard InChI is InChI=1S/C11H17BrN2/c1-7-4-10(12)5-8(2)11(7)14-9(3)6-13/h4-5,9,14H,6,13H2,1-3H3. The minimum atomic E-state index is 0.313. The van der Waals surface area contributed by atoms with E-state index in [1.807, 2.05) is 0 Å². The zero-order valence-electron chi connectivity index (χ0n) is 8.89. The second kappa shape index (κ2) is 4.80. The van der Waals surface area contributed by atoms with E-state index in [1.165, 1.54) is 16.8 Å². The van der Waals surface area contributed by atoms with E-state index in [0.717, 1.165) is 4.47 Å². The molecule has 78 valence electrons. The Hall–Kier alpha value is -0.540. The Balaban J connectivity index is 2.96. The molecule has 1 aromatic rings. The lowest BCUT2D eigenvalue weighted by molar-refractivity contribution is 0.801. The Labute approximate surface area is 94.0 Å². The monoisotopic (exact) mass is 256 g/mol. The van der Waals surface area contributed by atoms with Crippen LogP contribution in [0.3, 0.4) is 0 Å². The Morgan fingerprint density at radius 2 is 1.86 bits per heavy atom. The molecule has 0 saturated carbocycles. The Bertz CT molecular complexity index is 300. The molecule has 1 rings (SSSR count). The van der Waals surface area contributed by atoms with Gasteiger partial charge in [-0.15, -0.1) is 0 Å². The smallest absolute Gasteiger partial charge is 0.0402 e. The molecule has 0 heterocycles. The first-order chi connectivity index (χ1) is 6.54. The van der Waals surface area contributed by atoms with Crippen LogP contribution in [0.1, 0.15) is 18.1 Å². The maximum Gasteiger partial charge on any atom is 0.0402 e. The lowest BCUT2D eigenvalue weighted by Gasteiger charge is -2.17. The van der Waals surface area contributed by atoms with Crippen molar-refractivity contribution in [3.63, 3.8) is 0 Å². The number of benzene rings is 1. The van der Waals surface area contributed by atoms with Crippen LogP contribution in [0.25, 0.3) is 0 Å². The van der Waals surface area contributed by atoms with Gasteiger partial charge in [-0.05, 0) is 44.0 Å². The molecule has 0 fully saturated rings. The topological polar surface area (TPSA) is 38.0 Å². The SMILES string of the molecule is Cc1cc(Br)cc(C)c1NC(C)CN. The van der Waals surface area contributed by atoms with Crippen LogP contribution in [0.15, 0.2) is 16.6 Å². The van der Waals surface area contributed by atoms with Gasteiger partial charge in [-0.2, -0.15) is 0 Å². The van der Waals surface area contributed by atoms with E-state index in [2.05, 4.69) is 54.2 Å². The van der Waals surface area contributed by atoms with E-state index in [4.69, 9.17) is 5.73 Å². The molecule has 1 atom stereocenters. The Kier molecular flexibility index (Phi) is 3.96. The number of rotatable bonds is 3. The Morgan fingerprint density at radius 1 is 1.36 bits per heavy atom. The molecule has 1 unspecified atom stereocenters. The van der Waals surface area contributed by atoms with Crippen molar-refractivity contribution in [2.24, 2.45) is 5.73 Å². The van der Waals surface area contributed by atoms with Crippen molar-refractivity contribution < 1.29 is 0 Å². The van der Waals surface area contributed by atoms with E-state index in [1.54, 1.807) is 0 Å². The number of aryl methyl sites for hydroxylation is 2. The molecule has 1 aromatic carbocycles. The number of nitrogens with one attached hydrogen (secondary N) is 1. The van der Waals surface area contributed by atoms with Gasteiger partial charge in [-0.3, -0.25) is 0 Å². The largest absolute Gasteiger partial charge is 0.381 e. The first kappa shape index (κ1) is 11.5. The van der Waals surface area contributed by atoms with Gasteiger partial charge in [0.15, 0.2) is 0 Å². The van der Waals surface area contributed by atoms with Gasteiger partial charge in [-0.1, -0.05) is 15.9 Å². The third-order valence-corrected chi connectivity index (χ3v) is 2.70. The van der Waals surface area contributed by atoms with Crippen molar-refractivity contribution in [1.29, 1.82) is 0 Å². The molecular weight excluding hydrogens is 240 g/mol. The van der Waals surface area contributed by atoms with Crippen LogP contribution in [-0.4, -0.2) is 12.6 Å². The zero-order valence-corrected chi connectivity index (χ0v) is 10.5. The van der Waals surface area contributed by atoms with Crippen molar-refractivity contribution >= 4 is 21.6 Å². The second-order valence-electron chi connectivity index (χ2n) is 3.70. The highest BCUT2D eigenvalue weighted by atomic mass is 79.9. The molecule has 2 nitrogen and oxygen atoms in total. The summed E-state index contributed by atoms with van der Waals surface area (Å²) in [6.45, 7) is 6.93. The summed E-state index contributed by atoms with van der Waals surface area (Å²) in [6, 6.07) is 4.53. The lowest BCUT2D eigenvalue weighted by Crippen LogP contribution is -2.25. The average molecular weight is 257 g/mol. The van der Waals surface area contributed by atoms with Crippen LogP contribution in [0.5, 0.6) is 0 Å². The summed E-state index contributed by atoms with van der Waals surface area (Å²) in [4.78, 5) is 0. The fourth-order valence-corrected chi connectivity index (χ4v) is 2.13. The van der Waals surface area contributed by atoms with Gasteiger partial charge in [0.05, 0.1) is 0 Å². The number of nitrogens with two attached hydrogens (primary N) is 1. The number of halogens is 1. The molecule has 14 heavy (non-hydrogen) atoms. The van der Waals surface area contributed by atoms with Gasteiger partial charge >= 0.3 is 0 Å². The molecule has 0 saturated heterocycles. The summed E-state index contributed by atoms with van der Waals surface area (Å²) in [5, 5.41) is 3.41. The maximum absolute atomic E-state index is 5.58. The molecule has 0 amide bonds. The molecule has 0 aliphatic rings. The molecule has 0 aliphatic heterocycles. The van der Waals surface area contributed by atoms with E-state index < -0.39 is 0 Å². The first-order valence-electron chi connectivity index (χ1n) is 4.78. The summed E-state index contributed by atoms with van der Waals surface area (Å²) >= 11 is 3.48. The van der Waals surface area contributed by atoms with Gasteiger partial charge in [-0.25, -0.2) is 0 Å². The quantitative estimate of drug-likeness (QED) is 0.873. The average Bonchev–Trinajstić information content (AvgIpc) is 2.10. The highest BCUT2D eigenvalue weighted by Gasteiger charge is 2.06. The third kappa shape index (κ3) is 2.72. The van der Waals surface area contributed by atoms with Crippen LogP contribution in [-0.2, 0) is 0 Å². The van der Waals surface area contributed by atoms with Crippen molar-refractivity contribution in [2.75, 3.05) is 11.9 Å². The van der Waals surface area contributed by atoms with Crippen molar-refractivity contribution in [1.82, 2.24) is 0 Å². The van der Waals surface area contributed by atoms with Gasteiger partial charge in [0.25, 0.3) is 0 Å². The number of hydrogen-bond acceptors (Lipinski definition) is 2. The fourth-order valence-electron chi connectivity index (χ4n) is 1.44. The normalized spacial score (nSPS) is 12.6. The summed E-state index contributed by atoms with van der Waals surface area (Å²) in [7, 11) is 0. The van der Waals surface area contributed by atoms with Crippen molar-refractivity contribution in [2.45, 2.75) is 26.8 Å². The number of anilines is 1. The highest BCUT2D eigenvalue weighted by molar-refractivity contribution is 9.10. The molecule has 0 aliphatic carbocycles. The molecule has 0 spiro atoms. The molecule has 3 heteroatoms. The number of hydrogen-bond donors (Lipinski definition) is 2.